The van der Waals surface area contributed by atoms with E-state index in [0.29, 0.717) is 17.0 Å². The fourth-order valence-electron chi connectivity index (χ4n) is 3.63. The molecule has 0 aromatic heterocycles. The second-order valence-electron chi connectivity index (χ2n) is 9.27. The zero-order valence-corrected chi connectivity index (χ0v) is 18.9. The molecule has 1 atom stereocenters. The predicted octanol–water partition coefficient (Wildman–Crippen LogP) is 5.88. The van der Waals surface area contributed by atoms with Crippen molar-refractivity contribution in [2.45, 2.75) is 77.4 Å². The molecule has 0 aliphatic heterocycles. The van der Waals surface area contributed by atoms with Crippen LogP contribution in [0.1, 0.15) is 75.7 Å². The van der Waals surface area contributed by atoms with Crippen LogP contribution in [0, 0.1) is 0 Å². The normalized spacial score (nSPS) is 15.7. The number of hydrogen-bond acceptors (Lipinski definition) is 4. The molecule has 1 unspecified atom stereocenters. The topological polar surface area (TPSA) is 64.6 Å². The minimum Gasteiger partial charge on any atom is -0.481 e. The van der Waals surface area contributed by atoms with Crippen molar-refractivity contribution in [1.82, 2.24) is 0 Å². The summed E-state index contributed by atoms with van der Waals surface area (Å²) < 4.78 is 11.4. The monoisotopic (exact) mass is 423 g/mol. The third-order valence-electron chi connectivity index (χ3n) is 5.62. The van der Waals surface area contributed by atoms with Crippen molar-refractivity contribution in [2.24, 2.45) is 0 Å². The van der Waals surface area contributed by atoms with E-state index in [1.807, 2.05) is 24.3 Å². The highest BCUT2D eigenvalue weighted by Crippen LogP contribution is 2.25. The van der Waals surface area contributed by atoms with E-state index < -0.39 is 6.10 Å². The molecular formula is C26H33NO4. The molecule has 5 heteroatoms. The summed E-state index contributed by atoms with van der Waals surface area (Å²) in [7, 11) is 0. The zero-order chi connectivity index (χ0) is 22.4. The number of hydrogen-bond donors (Lipinski definition) is 1. The molecule has 166 valence electrons. The molecule has 0 spiro atoms. The van der Waals surface area contributed by atoms with Gasteiger partial charge in [-0.05, 0) is 80.0 Å². The summed E-state index contributed by atoms with van der Waals surface area (Å²) in [5.41, 5.74) is 2.37. The number of ether oxygens (including phenoxy) is 2. The molecule has 1 amide bonds. The number of amides is 1. The van der Waals surface area contributed by atoms with Crippen LogP contribution in [0.2, 0.25) is 0 Å². The SMILES string of the molecule is CC(Oc1ccc(C(C)(C)C)cc1)C(=O)Nc1ccc(C(=O)OC2CCCCC2)cc1. The Kier molecular flexibility index (Phi) is 7.37. The van der Waals surface area contributed by atoms with Gasteiger partial charge in [0.05, 0.1) is 5.56 Å². The van der Waals surface area contributed by atoms with Gasteiger partial charge in [-0.15, -0.1) is 0 Å². The van der Waals surface area contributed by atoms with Gasteiger partial charge in [0.25, 0.3) is 5.91 Å². The van der Waals surface area contributed by atoms with E-state index in [2.05, 4.69) is 26.1 Å². The van der Waals surface area contributed by atoms with Crippen molar-refractivity contribution < 1.29 is 19.1 Å². The summed E-state index contributed by atoms with van der Waals surface area (Å²) in [6.45, 7) is 8.17. The molecule has 0 saturated heterocycles. The van der Waals surface area contributed by atoms with Crippen molar-refractivity contribution >= 4 is 17.6 Å². The van der Waals surface area contributed by atoms with Crippen molar-refractivity contribution in [3.05, 3.63) is 59.7 Å². The predicted molar refractivity (Wildman–Crippen MR) is 123 cm³/mol. The Morgan fingerprint density at radius 3 is 2.13 bits per heavy atom. The number of carbonyl (C=O) groups is 2. The van der Waals surface area contributed by atoms with Gasteiger partial charge in [0, 0.05) is 5.69 Å². The molecule has 3 rings (SSSR count). The highest BCUT2D eigenvalue weighted by atomic mass is 16.5. The quantitative estimate of drug-likeness (QED) is 0.589. The van der Waals surface area contributed by atoms with Crippen LogP contribution in [0.4, 0.5) is 5.69 Å². The Balaban J connectivity index is 1.51. The molecule has 1 aliphatic rings. The number of nitrogens with one attached hydrogen (secondary N) is 1. The maximum Gasteiger partial charge on any atom is 0.338 e. The van der Waals surface area contributed by atoms with E-state index in [1.54, 1.807) is 31.2 Å². The molecule has 2 aromatic carbocycles. The lowest BCUT2D eigenvalue weighted by atomic mass is 9.87. The van der Waals surface area contributed by atoms with Gasteiger partial charge in [0.2, 0.25) is 0 Å². The molecule has 1 aliphatic carbocycles. The molecule has 5 nitrogen and oxygen atoms in total. The summed E-state index contributed by atoms with van der Waals surface area (Å²) in [4.78, 5) is 24.8. The lowest BCUT2D eigenvalue weighted by molar-refractivity contribution is -0.122. The molecular weight excluding hydrogens is 390 g/mol. The number of benzene rings is 2. The Bertz CT molecular complexity index is 875. The van der Waals surface area contributed by atoms with Gasteiger partial charge in [0.15, 0.2) is 6.10 Å². The number of rotatable bonds is 6. The van der Waals surface area contributed by atoms with E-state index in [-0.39, 0.29) is 23.4 Å². The summed E-state index contributed by atoms with van der Waals surface area (Å²) in [6, 6.07) is 14.6. The van der Waals surface area contributed by atoms with Gasteiger partial charge in [-0.25, -0.2) is 4.79 Å². The first-order valence-electron chi connectivity index (χ1n) is 11.1. The summed E-state index contributed by atoms with van der Waals surface area (Å²) in [6.07, 6.45) is 4.70. The van der Waals surface area contributed by atoms with Gasteiger partial charge in [-0.1, -0.05) is 39.3 Å². The third kappa shape index (κ3) is 6.58. The van der Waals surface area contributed by atoms with Gasteiger partial charge in [-0.2, -0.15) is 0 Å². The molecule has 2 aromatic rings. The molecule has 1 fully saturated rings. The van der Waals surface area contributed by atoms with Crippen molar-refractivity contribution in [3.63, 3.8) is 0 Å². The number of esters is 1. The van der Waals surface area contributed by atoms with E-state index in [0.717, 1.165) is 25.7 Å². The minimum atomic E-state index is -0.656. The lowest BCUT2D eigenvalue weighted by Gasteiger charge is -2.21. The van der Waals surface area contributed by atoms with Crippen LogP contribution in [-0.4, -0.2) is 24.1 Å². The second kappa shape index (κ2) is 9.99. The first-order chi connectivity index (χ1) is 14.7. The average molecular weight is 424 g/mol. The van der Waals surface area contributed by atoms with Gasteiger partial charge >= 0.3 is 5.97 Å². The maximum absolute atomic E-state index is 12.5. The fourth-order valence-corrected chi connectivity index (χ4v) is 3.63. The molecule has 1 saturated carbocycles. The molecule has 0 radical (unpaired) electrons. The molecule has 1 N–H and O–H groups in total. The first-order valence-corrected chi connectivity index (χ1v) is 11.1. The highest BCUT2D eigenvalue weighted by Gasteiger charge is 2.20. The van der Waals surface area contributed by atoms with Crippen LogP contribution in [0.5, 0.6) is 5.75 Å². The van der Waals surface area contributed by atoms with Crippen molar-refractivity contribution in [3.8, 4) is 5.75 Å². The van der Waals surface area contributed by atoms with E-state index in [4.69, 9.17) is 9.47 Å². The van der Waals surface area contributed by atoms with Crippen LogP contribution in [0.3, 0.4) is 0 Å². The molecule has 0 heterocycles. The molecule has 0 bridgehead atoms. The van der Waals surface area contributed by atoms with Gasteiger partial charge in [0.1, 0.15) is 11.9 Å². The molecule has 31 heavy (non-hydrogen) atoms. The standard InChI is InChI=1S/C26H33NO4/c1-18(30-23-16-12-20(13-17-23)26(2,3)4)24(28)27-21-14-10-19(11-15-21)25(29)31-22-8-6-5-7-9-22/h10-18,22H,5-9H2,1-4H3,(H,27,28). The maximum atomic E-state index is 12.5. The highest BCUT2D eigenvalue weighted by molar-refractivity contribution is 5.95. The third-order valence-corrected chi connectivity index (χ3v) is 5.62. The van der Waals surface area contributed by atoms with Crippen LogP contribution < -0.4 is 10.1 Å². The average Bonchev–Trinajstić information content (AvgIpc) is 2.74. The Labute approximate surface area is 185 Å². The second-order valence-corrected chi connectivity index (χ2v) is 9.27. The largest absolute Gasteiger partial charge is 0.481 e. The summed E-state index contributed by atoms with van der Waals surface area (Å²) in [5, 5.41) is 2.83. The van der Waals surface area contributed by atoms with Crippen molar-refractivity contribution in [2.75, 3.05) is 5.32 Å². The number of carbonyl (C=O) groups excluding carboxylic acids is 2. The summed E-state index contributed by atoms with van der Waals surface area (Å²) in [5.74, 6) is 0.0917. The fraction of sp³-hybridized carbons (Fsp3) is 0.462. The number of anilines is 1. The Morgan fingerprint density at radius 2 is 1.55 bits per heavy atom. The van der Waals surface area contributed by atoms with Gasteiger partial charge < -0.3 is 14.8 Å². The summed E-state index contributed by atoms with van der Waals surface area (Å²) >= 11 is 0. The lowest BCUT2D eigenvalue weighted by Crippen LogP contribution is -2.30. The smallest absolute Gasteiger partial charge is 0.338 e. The van der Waals surface area contributed by atoms with Gasteiger partial charge in [-0.3, -0.25) is 4.79 Å². The van der Waals surface area contributed by atoms with E-state index in [9.17, 15) is 9.59 Å². The Hall–Kier alpha value is -2.82. The van der Waals surface area contributed by atoms with Crippen LogP contribution in [0.15, 0.2) is 48.5 Å². The van der Waals surface area contributed by atoms with Crippen LogP contribution >= 0.6 is 0 Å². The zero-order valence-electron chi connectivity index (χ0n) is 18.9. The Morgan fingerprint density at radius 1 is 0.935 bits per heavy atom. The van der Waals surface area contributed by atoms with Crippen molar-refractivity contribution in [1.29, 1.82) is 0 Å². The first kappa shape index (κ1) is 22.9. The minimum absolute atomic E-state index is 0.0242. The van der Waals surface area contributed by atoms with E-state index in [1.165, 1.54) is 12.0 Å². The van der Waals surface area contributed by atoms with Crippen LogP contribution in [0.25, 0.3) is 0 Å². The van der Waals surface area contributed by atoms with E-state index >= 15 is 0 Å². The van der Waals surface area contributed by atoms with Crippen LogP contribution in [-0.2, 0) is 14.9 Å².